The summed E-state index contributed by atoms with van der Waals surface area (Å²) in [6.45, 7) is 14.3. The molecule has 40 heavy (non-hydrogen) atoms. The number of unbranched alkanes of at least 4 members (excludes halogenated alkanes) is 1. The van der Waals surface area contributed by atoms with Crippen molar-refractivity contribution >= 4 is 30.2 Å². The van der Waals surface area contributed by atoms with E-state index in [9.17, 15) is 5.26 Å². The second-order valence-electron chi connectivity index (χ2n) is 8.67. The fourth-order valence-electron chi connectivity index (χ4n) is 4.00. The second kappa shape index (κ2) is 17.9. The second-order valence-corrected chi connectivity index (χ2v) is 8.67. The SMILES string of the molecule is C=O.C=O.CC.CCCC.Cc1ccnc(Oc2ccc3c(C#N)c(-c4ccc(N)cc4)n(C4CCC4)c3c2)n1. The highest BCUT2D eigenvalue weighted by Gasteiger charge is 2.28. The molecule has 0 spiro atoms. The first-order chi connectivity index (χ1) is 19.5. The summed E-state index contributed by atoms with van der Waals surface area (Å²) < 4.78 is 8.22. The predicted octanol–water partition coefficient (Wildman–Crippen LogP) is 7.84. The van der Waals surface area contributed by atoms with Crippen molar-refractivity contribution in [2.24, 2.45) is 0 Å². The van der Waals surface area contributed by atoms with E-state index in [0.717, 1.165) is 40.7 Å². The quantitative estimate of drug-likeness (QED) is 0.254. The summed E-state index contributed by atoms with van der Waals surface area (Å²) in [5, 5.41) is 10.9. The number of aromatic nitrogens is 3. The van der Waals surface area contributed by atoms with E-state index in [0.29, 0.717) is 29.1 Å². The van der Waals surface area contributed by atoms with Gasteiger partial charge in [0.05, 0.1) is 16.8 Å². The molecule has 1 saturated carbocycles. The third kappa shape index (κ3) is 8.24. The Morgan fingerprint density at radius 1 is 1.02 bits per heavy atom. The monoisotopic (exact) mass is 543 g/mol. The number of nitriles is 1. The number of anilines is 1. The number of benzene rings is 2. The van der Waals surface area contributed by atoms with Gasteiger partial charge in [0.25, 0.3) is 0 Å². The maximum absolute atomic E-state index is 10.0. The molecular weight excluding hydrogens is 502 g/mol. The van der Waals surface area contributed by atoms with Gasteiger partial charge in [-0.2, -0.15) is 5.26 Å². The van der Waals surface area contributed by atoms with E-state index in [1.165, 1.54) is 19.3 Å². The number of carbonyl (C=O) groups is 2. The van der Waals surface area contributed by atoms with Crippen molar-refractivity contribution in [3.8, 4) is 29.1 Å². The van der Waals surface area contributed by atoms with E-state index in [1.54, 1.807) is 6.20 Å². The van der Waals surface area contributed by atoms with E-state index in [1.807, 2.05) is 82.9 Å². The van der Waals surface area contributed by atoms with Gasteiger partial charge in [-0.25, -0.2) is 9.97 Å². The van der Waals surface area contributed by atoms with Crippen LogP contribution in [-0.2, 0) is 9.59 Å². The minimum Gasteiger partial charge on any atom is -0.424 e. The molecule has 5 rings (SSSR count). The number of rotatable bonds is 5. The molecule has 8 heteroatoms. The number of hydrogen-bond donors (Lipinski definition) is 1. The van der Waals surface area contributed by atoms with Crippen molar-refractivity contribution in [2.45, 2.75) is 72.8 Å². The van der Waals surface area contributed by atoms with Crippen molar-refractivity contribution in [1.82, 2.24) is 14.5 Å². The molecule has 1 aliphatic rings. The lowest BCUT2D eigenvalue weighted by Crippen LogP contribution is -2.17. The van der Waals surface area contributed by atoms with Gasteiger partial charge in [0, 0.05) is 35.1 Å². The number of aryl methyl sites for hydroxylation is 1. The number of fused-ring (bicyclic) bond motifs is 1. The maximum Gasteiger partial charge on any atom is 0.322 e. The number of nitrogen functional groups attached to an aromatic ring is 1. The van der Waals surface area contributed by atoms with Gasteiger partial charge in [0.2, 0.25) is 0 Å². The van der Waals surface area contributed by atoms with Gasteiger partial charge in [-0.1, -0.05) is 52.7 Å². The first kappa shape index (κ1) is 33.5. The van der Waals surface area contributed by atoms with Gasteiger partial charge in [-0.3, -0.25) is 0 Å². The Bertz CT molecular complexity index is 1350. The van der Waals surface area contributed by atoms with Crippen LogP contribution in [0.15, 0.2) is 54.7 Å². The van der Waals surface area contributed by atoms with Gasteiger partial charge in [-0.15, -0.1) is 0 Å². The number of nitrogens with zero attached hydrogens (tertiary/aromatic N) is 4. The van der Waals surface area contributed by atoms with E-state index in [-0.39, 0.29) is 0 Å². The normalized spacial score (nSPS) is 11.4. The van der Waals surface area contributed by atoms with E-state index < -0.39 is 0 Å². The molecule has 1 aliphatic carbocycles. The Morgan fingerprint density at radius 2 is 1.65 bits per heavy atom. The summed E-state index contributed by atoms with van der Waals surface area (Å²) in [5.74, 6) is 0.652. The van der Waals surface area contributed by atoms with Gasteiger partial charge in [0.15, 0.2) is 0 Å². The van der Waals surface area contributed by atoms with Crippen molar-refractivity contribution in [1.29, 1.82) is 5.26 Å². The zero-order chi connectivity index (χ0) is 30.1. The molecule has 0 saturated heterocycles. The zero-order valence-electron chi connectivity index (χ0n) is 24.3. The van der Waals surface area contributed by atoms with Crippen LogP contribution in [-0.4, -0.2) is 28.1 Å². The smallest absolute Gasteiger partial charge is 0.322 e. The van der Waals surface area contributed by atoms with E-state index >= 15 is 0 Å². The molecule has 1 fully saturated rings. The van der Waals surface area contributed by atoms with Gasteiger partial charge >= 0.3 is 6.01 Å². The molecular formula is C32H41N5O3. The molecule has 2 heterocycles. The van der Waals surface area contributed by atoms with Crippen LogP contribution >= 0.6 is 0 Å². The largest absolute Gasteiger partial charge is 0.424 e. The summed E-state index contributed by atoms with van der Waals surface area (Å²) in [7, 11) is 0. The lowest BCUT2D eigenvalue weighted by Gasteiger charge is -2.30. The molecule has 0 radical (unpaired) electrons. The highest BCUT2D eigenvalue weighted by molar-refractivity contribution is 5.95. The Kier molecular flexibility index (Phi) is 15.0. The summed E-state index contributed by atoms with van der Waals surface area (Å²) >= 11 is 0. The third-order valence-electron chi connectivity index (χ3n) is 6.19. The van der Waals surface area contributed by atoms with Crippen molar-refractivity contribution < 1.29 is 14.3 Å². The lowest BCUT2D eigenvalue weighted by atomic mass is 9.92. The molecule has 2 N–H and O–H groups in total. The molecule has 0 aliphatic heterocycles. The Hall–Kier alpha value is -4.51. The highest BCUT2D eigenvalue weighted by atomic mass is 16.5. The van der Waals surface area contributed by atoms with Crippen molar-refractivity contribution in [3.63, 3.8) is 0 Å². The fourth-order valence-corrected chi connectivity index (χ4v) is 4.00. The predicted molar refractivity (Wildman–Crippen MR) is 162 cm³/mol. The number of carbonyl (C=O) groups excluding carboxylic acids is 2. The number of hydrogen-bond acceptors (Lipinski definition) is 7. The topological polar surface area (TPSA) is 124 Å². The molecule has 0 bridgehead atoms. The molecule has 0 atom stereocenters. The minimum absolute atomic E-state index is 0.315. The van der Waals surface area contributed by atoms with Crippen LogP contribution in [0.25, 0.3) is 22.2 Å². The van der Waals surface area contributed by atoms with E-state index in [4.69, 9.17) is 20.1 Å². The number of nitrogens with two attached hydrogens (primary N) is 1. The Balaban J connectivity index is 0.000000712. The van der Waals surface area contributed by atoms with Gasteiger partial charge < -0.3 is 24.6 Å². The third-order valence-corrected chi connectivity index (χ3v) is 6.19. The molecule has 4 aromatic rings. The lowest BCUT2D eigenvalue weighted by molar-refractivity contribution is -0.0987. The summed E-state index contributed by atoms with van der Waals surface area (Å²) in [4.78, 5) is 24.5. The van der Waals surface area contributed by atoms with Crippen LogP contribution in [0, 0.1) is 18.3 Å². The summed E-state index contributed by atoms with van der Waals surface area (Å²) in [5.41, 5.74) is 11.1. The summed E-state index contributed by atoms with van der Waals surface area (Å²) in [6, 6.07) is 18.5. The van der Waals surface area contributed by atoms with Crippen molar-refractivity contribution in [2.75, 3.05) is 5.73 Å². The van der Waals surface area contributed by atoms with Crippen molar-refractivity contribution in [3.05, 3.63) is 66.0 Å². The Labute approximate surface area is 237 Å². The maximum atomic E-state index is 10.0. The highest BCUT2D eigenvalue weighted by Crippen LogP contribution is 2.43. The van der Waals surface area contributed by atoms with Crippen LogP contribution in [0.2, 0.25) is 0 Å². The molecule has 0 amide bonds. The van der Waals surface area contributed by atoms with Crippen LogP contribution in [0.4, 0.5) is 5.69 Å². The molecule has 2 aromatic heterocycles. The van der Waals surface area contributed by atoms with Crippen LogP contribution < -0.4 is 10.5 Å². The zero-order valence-corrected chi connectivity index (χ0v) is 24.3. The Morgan fingerprint density at radius 3 is 2.15 bits per heavy atom. The average Bonchev–Trinajstić information content (AvgIpc) is 3.29. The number of ether oxygens (including phenoxy) is 1. The standard InChI is InChI=1S/C24H21N5O.C4H10.C2H6.2CH2O/c1-15-11-12-27-24(28-15)30-19-9-10-20-21(14-25)23(16-5-7-17(26)8-6-16)29(22(20)13-19)18-3-2-4-18;1-3-4-2;3*1-2/h5-13,18H,2-4,26H2,1H3;3-4H2,1-2H3;1-2H3;2*1H2. The van der Waals surface area contributed by atoms with Crippen LogP contribution in [0.5, 0.6) is 11.8 Å². The molecule has 2 aromatic carbocycles. The first-order valence-corrected chi connectivity index (χ1v) is 13.5. The summed E-state index contributed by atoms with van der Waals surface area (Å²) in [6.07, 6.45) is 7.71. The minimum atomic E-state index is 0.315. The van der Waals surface area contributed by atoms with E-state index in [2.05, 4.69) is 34.5 Å². The molecule has 212 valence electrons. The van der Waals surface area contributed by atoms with Crippen LogP contribution in [0.3, 0.4) is 0 Å². The molecule has 8 nitrogen and oxygen atoms in total. The van der Waals surface area contributed by atoms with Gasteiger partial charge in [0.1, 0.15) is 25.4 Å². The van der Waals surface area contributed by atoms with Crippen LogP contribution in [0.1, 0.15) is 77.1 Å². The fraction of sp³-hybridized carbons (Fsp3) is 0.344. The average molecular weight is 544 g/mol. The first-order valence-electron chi connectivity index (χ1n) is 13.5. The van der Waals surface area contributed by atoms with Gasteiger partial charge in [-0.05, 0) is 62.1 Å². The molecule has 0 unspecified atom stereocenters.